The molecule has 1 aromatic carbocycles. The van der Waals surface area contributed by atoms with Crippen molar-refractivity contribution in [1.82, 2.24) is 30.0 Å². The fraction of sp³-hybridized carbons (Fsp3) is 0.379. The Labute approximate surface area is 216 Å². The number of hydrogen-bond donors (Lipinski definition) is 2. The maximum Gasteiger partial charge on any atom is 0.253 e. The van der Waals surface area contributed by atoms with Gasteiger partial charge in [-0.05, 0) is 64.0 Å². The number of hydrogen-bond acceptors (Lipinski definition) is 5. The third-order valence-electron chi connectivity index (χ3n) is 7.15. The van der Waals surface area contributed by atoms with Crippen molar-refractivity contribution in [3.8, 4) is 11.3 Å². The van der Waals surface area contributed by atoms with E-state index in [1.165, 1.54) is 18.4 Å². The summed E-state index contributed by atoms with van der Waals surface area (Å²) in [6.45, 7) is 4.74. The minimum absolute atomic E-state index is 0.148. The molecule has 0 bridgehead atoms. The Hall–Kier alpha value is -3.78. The van der Waals surface area contributed by atoms with Gasteiger partial charge in [0.05, 0.1) is 28.9 Å². The van der Waals surface area contributed by atoms with Crippen molar-refractivity contribution in [1.29, 1.82) is 0 Å². The Morgan fingerprint density at radius 1 is 1.14 bits per heavy atom. The van der Waals surface area contributed by atoms with Gasteiger partial charge in [0.2, 0.25) is 0 Å². The van der Waals surface area contributed by atoms with Gasteiger partial charge in [-0.2, -0.15) is 5.10 Å². The molecule has 0 radical (unpaired) electrons. The fourth-order valence-electron chi connectivity index (χ4n) is 5.28. The Morgan fingerprint density at radius 3 is 2.54 bits per heavy atom. The van der Waals surface area contributed by atoms with Gasteiger partial charge in [-0.25, -0.2) is 9.67 Å². The minimum atomic E-state index is -0.247. The van der Waals surface area contributed by atoms with E-state index >= 15 is 0 Å². The molecule has 0 aliphatic heterocycles. The molecular weight excluding hydrogens is 464 g/mol. The van der Waals surface area contributed by atoms with E-state index in [2.05, 4.69) is 44.6 Å². The number of nitrogens with zero attached hydrogens (tertiary/aromatic N) is 4. The lowest BCUT2D eigenvalue weighted by Crippen LogP contribution is -2.28. The van der Waals surface area contributed by atoms with Crippen molar-refractivity contribution in [2.24, 2.45) is 0 Å². The number of nitrogens with one attached hydrogen (secondary N) is 2. The van der Waals surface area contributed by atoms with Gasteiger partial charge in [0.1, 0.15) is 0 Å². The predicted octanol–water partition coefficient (Wildman–Crippen LogP) is 4.51. The summed E-state index contributed by atoms with van der Waals surface area (Å²) in [6.07, 6.45) is 6.25. The predicted molar refractivity (Wildman–Crippen MR) is 146 cm³/mol. The summed E-state index contributed by atoms with van der Waals surface area (Å²) in [5.41, 5.74) is 6.18. The van der Waals surface area contributed by atoms with E-state index in [9.17, 15) is 9.59 Å². The summed E-state index contributed by atoms with van der Waals surface area (Å²) in [6, 6.07) is 12.4. The smallest absolute Gasteiger partial charge is 0.253 e. The number of carbonyl (C=O) groups is 1. The second kappa shape index (κ2) is 10.3. The Kier molecular flexibility index (Phi) is 6.93. The molecule has 1 saturated carbocycles. The SMILES string of the molecule is Cc1cc(C)c(CNC(=O)c2cc(-c3ccc(CN(C)C)cc3)nc3c2cnn3C2CCCC2)c(=O)[nH]1. The van der Waals surface area contributed by atoms with Crippen LogP contribution in [0.5, 0.6) is 0 Å². The molecule has 2 N–H and O–H groups in total. The van der Waals surface area contributed by atoms with Crippen LogP contribution in [-0.2, 0) is 13.1 Å². The van der Waals surface area contributed by atoms with Crippen LogP contribution in [0.15, 0.2) is 47.4 Å². The molecule has 3 aromatic heterocycles. The second-order valence-corrected chi connectivity index (χ2v) is 10.4. The van der Waals surface area contributed by atoms with Crippen LogP contribution in [0.2, 0.25) is 0 Å². The molecule has 0 spiro atoms. The van der Waals surface area contributed by atoms with Crippen molar-refractivity contribution in [2.45, 2.75) is 58.7 Å². The molecule has 4 aromatic rings. The lowest BCUT2D eigenvalue weighted by molar-refractivity contribution is 0.0952. The first-order valence-electron chi connectivity index (χ1n) is 12.9. The number of rotatable bonds is 7. The number of aryl methyl sites for hydroxylation is 2. The van der Waals surface area contributed by atoms with Gasteiger partial charge in [0, 0.05) is 29.9 Å². The van der Waals surface area contributed by atoms with Crippen LogP contribution in [0, 0.1) is 13.8 Å². The van der Waals surface area contributed by atoms with E-state index in [4.69, 9.17) is 4.98 Å². The summed E-state index contributed by atoms with van der Waals surface area (Å²) in [5.74, 6) is -0.247. The van der Waals surface area contributed by atoms with Gasteiger partial charge < -0.3 is 15.2 Å². The molecule has 3 heterocycles. The minimum Gasteiger partial charge on any atom is -0.348 e. The number of pyridine rings is 2. The molecule has 1 fully saturated rings. The van der Waals surface area contributed by atoms with E-state index in [1.807, 2.05) is 44.8 Å². The fourth-order valence-corrected chi connectivity index (χ4v) is 5.28. The summed E-state index contributed by atoms with van der Waals surface area (Å²) < 4.78 is 2.00. The number of amides is 1. The van der Waals surface area contributed by atoms with Crippen molar-refractivity contribution in [3.63, 3.8) is 0 Å². The lowest BCUT2D eigenvalue weighted by atomic mass is 10.0. The third-order valence-corrected chi connectivity index (χ3v) is 7.15. The molecule has 8 heteroatoms. The Bertz CT molecular complexity index is 1490. The van der Waals surface area contributed by atoms with Crippen LogP contribution in [0.4, 0.5) is 0 Å². The molecule has 5 rings (SSSR count). The van der Waals surface area contributed by atoms with Crippen molar-refractivity contribution >= 4 is 16.9 Å². The number of H-pyrrole nitrogens is 1. The number of benzene rings is 1. The highest BCUT2D eigenvalue weighted by Crippen LogP contribution is 2.33. The van der Waals surface area contributed by atoms with Crippen LogP contribution in [0.1, 0.15) is 64.5 Å². The van der Waals surface area contributed by atoms with Gasteiger partial charge >= 0.3 is 0 Å². The normalized spacial score (nSPS) is 14.1. The third kappa shape index (κ3) is 5.20. The number of aromatic amines is 1. The summed E-state index contributed by atoms with van der Waals surface area (Å²) in [4.78, 5) is 35.9. The number of aromatic nitrogens is 4. The van der Waals surface area contributed by atoms with Gasteiger partial charge in [-0.15, -0.1) is 0 Å². The van der Waals surface area contributed by atoms with Crippen molar-refractivity contribution < 1.29 is 4.79 Å². The molecule has 0 saturated heterocycles. The van der Waals surface area contributed by atoms with Crippen LogP contribution >= 0.6 is 0 Å². The number of carbonyl (C=O) groups excluding carboxylic acids is 1. The first-order valence-corrected chi connectivity index (χ1v) is 12.9. The molecule has 8 nitrogen and oxygen atoms in total. The average molecular weight is 499 g/mol. The second-order valence-electron chi connectivity index (χ2n) is 10.4. The lowest BCUT2D eigenvalue weighted by Gasteiger charge is -2.14. The van der Waals surface area contributed by atoms with Gasteiger partial charge in [0.15, 0.2) is 5.65 Å². The quantitative estimate of drug-likeness (QED) is 0.391. The highest BCUT2D eigenvalue weighted by Gasteiger charge is 2.24. The van der Waals surface area contributed by atoms with Gasteiger partial charge in [0.25, 0.3) is 11.5 Å². The standard InChI is InChI=1S/C29H34N6O2/c1-18-13-19(2)32-29(37)24(18)15-30-28(36)23-14-26(21-11-9-20(10-12-21)17-34(3)4)33-27-25(23)16-31-35(27)22-7-5-6-8-22/h9-14,16,22H,5-8,15,17H2,1-4H3,(H,30,36)(H,32,37). The molecule has 1 amide bonds. The van der Waals surface area contributed by atoms with E-state index in [0.29, 0.717) is 17.2 Å². The first-order chi connectivity index (χ1) is 17.8. The Balaban J connectivity index is 1.53. The summed E-state index contributed by atoms with van der Waals surface area (Å²) in [7, 11) is 4.09. The zero-order chi connectivity index (χ0) is 26.1. The zero-order valence-corrected chi connectivity index (χ0v) is 22.0. The summed E-state index contributed by atoms with van der Waals surface area (Å²) in [5, 5.41) is 8.37. The van der Waals surface area contributed by atoms with Crippen LogP contribution in [0.25, 0.3) is 22.3 Å². The number of fused-ring (bicyclic) bond motifs is 1. The van der Waals surface area contributed by atoms with Crippen LogP contribution in [0.3, 0.4) is 0 Å². The summed E-state index contributed by atoms with van der Waals surface area (Å²) >= 11 is 0. The zero-order valence-electron chi connectivity index (χ0n) is 22.0. The monoisotopic (exact) mass is 498 g/mol. The Morgan fingerprint density at radius 2 is 1.86 bits per heavy atom. The van der Waals surface area contributed by atoms with Crippen LogP contribution < -0.4 is 10.9 Å². The van der Waals surface area contributed by atoms with Crippen molar-refractivity contribution in [2.75, 3.05) is 14.1 Å². The molecule has 192 valence electrons. The van der Waals surface area contributed by atoms with Gasteiger partial charge in [-0.1, -0.05) is 37.1 Å². The average Bonchev–Trinajstić information content (AvgIpc) is 3.52. The maximum absolute atomic E-state index is 13.5. The molecular formula is C29H34N6O2. The van der Waals surface area contributed by atoms with E-state index in [1.54, 1.807) is 6.20 Å². The molecule has 0 unspecified atom stereocenters. The van der Waals surface area contributed by atoms with E-state index in [-0.39, 0.29) is 18.0 Å². The highest BCUT2D eigenvalue weighted by molar-refractivity contribution is 6.06. The molecule has 37 heavy (non-hydrogen) atoms. The van der Waals surface area contributed by atoms with Crippen molar-refractivity contribution in [3.05, 3.63) is 80.9 Å². The topological polar surface area (TPSA) is 95.9 Å². The van der Waals surface area contributed by atoms with E-state index < -0.39 is 0 Å². The van der Waals surface area contributed by atoms with Gasteiger partial charge in [-0.3, -0.25) is 9.59 Å². The van der Waals surface area contributed by atoms with Crippen LogP contribution in [-0.4, -0.2) is 44.7 Å². The first kappa shape index (κ1) is 24.9. The van der Waals surface area contributed by atoms with E-state index in [0.717, 1.165) is 52.9 Å². The highest BCUT2D eigenvalue weighted by atomic mass is 16.1. The molecule has 1 aliphatic carbocycles. The molecule has 0 atom stereocenters. The largest absolute Gasteiger partial charge is 0.348 e. The molecule has 1 aliphatic rings. The maximum atomic E-state index is 13.5.